The molecule has 0 saturated carbocycles. The van der Waals surface area contributed by atoms with Crippen molar-refractivity contribution < 1.29 is 0 Å². The normalized spacial score (nSPS) is 13.0. The second-order valence-electron chi connectivity index (χ2n) is 8.58. The lowest BCUT2D eigenvalue weighted by molar-refractivity contribution is 0.418. The van der Waals surface area contributed by atoms with Crippen LogP contribution in [-0.2, 0) is 0 Å². The van der Waals surface area contributed by atoms with Crippen molar-refractivity contribution in [3.8, 4) is 0 Å². The van der Waals surface area contributed by atoms with E-state index in [1.54, 1.807) is 0 Å². The average molecular weight is 361 g/mol. The molecule has 0 amide bonds. The summed E-state index contributed by atoms with van der Waals surface area (Å²) in [4.78, 5) is 0. The second-order valence-corrected chi connectivity index (χ2v) is 14.6. The Morgan fingerprint density at radius 2 is 1.00 bits per heavy atom. The third kappa shape index (κ3) is 3.23. The molecule has 25 heavy (non-hydrogen) atoms. The monoisotopic (exact) mass is 360 g/mol. The van der Waals surface area contributed by atoms with E-state index in [9.17, 15) is 0 Å². The van der Waals surface area contributed by atoms with Crippen LogP contribution < -0.4 is 0 Å². The SMILES string of the molecule is Cc1cc(C)n(C(n2nc(C)cc2C)[Si](C(C)C)(C(C)C)C(C)C)n1. The van der Waals surface area contributed by atoms with E-state index >= 15 is 0 Å². The molecule has 0 N–H and O–H groups in total. The maximum absolute atomic E-state index is 4.94. The van der Waals surface area contributed by atoms with Crippen LogP contribution in [0.4, 0.5) is 0 Å². The van der Waals surface area contributed by atoms with Gasteiger partial charge in [-0.25, -0.2) is 9.36 Å². The Hall–Kier alpha value is -1.36. The summed E-state index contributed by atoms with van der Waals surface area (Å²) in [6, 6.07) is 4.39. The maximum atomic E-state index is 4.94. The van der Waals surface area contributed by atoms with Gasteiger partial charge >= 0.3 is 0 Å². The van der Waals surface area contributed by atoms with Gasteiger partial charge in [-0.1, -0.05) is 41.5 Å². The van der Waals surface area contributed by atoms with Crippen molar-refractivity contribution in [1.82, 2.24) is 19.6 Å². The van der Waals surface area contributed by atoms with Crippen LogP contribution in [0.1, 0.15) is 70.1 Å². The summed E-state index contributed by atoms with van der Waals surface area (Å²) in [5, 5.41) is 9.88. The molecule has 5 heteroatoms. The Labute approximate surface area is 154 Å². The lowest BCUT2D eigenvalue weighted by Crippen LogP contribution is -2.56. The van der Waals surface area contributed by atoms with E-state index in [1.165, 1.54) is 11.4 Å². The van der Waals surface area contributed by atoms with Crippen molar-refractivity contribution in [1.29, 1.82) is 0 Å². The number of aromatic nitrogens is 4. The van der Waals surface area contributed by atoms with Crippen LogP contribution in [0, 0.1) is 27.7 Å². The third-order valence-electron chi connectivity index (χ3n) is 6.00. The number of rotatable bonds is 6. The predicted molar refractivity (Wildman–Crippen MR) is 109 cm³/mol. The first-order chi connectivity index (χ1) is 11.5. The van der Waals surface area contributed by atoms with Gasteiger partial charge in [0.05, 0.1) is 11.4 Å². The summed E-state index contributed by atoms with van der Waals surface area (Å²) >= 11 is 0. The van der Waals surface area contributed by atoms with Gasteiger partial charge in [-0.2, -0.15) is 10.2 Å². The number of aryl methyl sites for hydroxylation is 4. The van der Waals surface area contributed by atoms with E-state index in [-0.39, 0.29) is 5.79 Å². The first-order valence-corrected chi connectivity index (χ1v) is 11.9. The third-order valence-corrected chi connectivity index (χ3v) is 13.4. The fourth-order valence-corrected chi connectivity index (χ4v) is 12.4. The molecule has 0 unspecified atom stereocenters. The van der Waals surface area contributed by atoms with Crippen molar-refractivity contribution >= 4 is 8.07 Å². The standard InChI is InChI=1S/C20H36N4Si/c1-13(2)25(14(3)4,15(5)6)20(23-18(9)11-16(7)21-23)24-19(10)12-17(8)22-24/h11-15,20H,1-10H3. The smallest absolute Gasteiger partial charge is 0.131 e. The number of hydrogen-bond acceptors (Lipinski definition) is 2. The van der Waals surface area contributed by atoms with E-state index in [0.717, 1.165) is 11.4 Å². The lowest BCUT2D eigenvalue weighted by atomic mass is 10.4. The summed E-state index contributed by atoms with van der Waals surface area (Å²) in [6.45, 7) is 23.0. The van der Waals surface area contributed by atoms with Crippen LogP contribution >= 0.6 is 0 Å². The van der Waals surface area contributed by atoms with Crippen LogP contribution in [0.3, 0.4) is 0 Å². The molecule has 0 saturated heterocycles. The number of nitrogens with zero attached hydrogens (tertiary/aromatic N) is 4. The molecule has 2 aromatic rings. The zero-order chi connectivity index (χ0) is 19.1. The summed E-state index contributed by atoms with van der Waals surface area (Å²) in [5.74, 6) is 0.204. The van der Waals surface area contributed by atoms with Gasteiger partial charge in [0.25, 0.3) is 0 Å². The highest BCUT2D eigenvalue weighted by Gasteiger charge is 2.52. The van der Waals surface area contributed by atoms with Gasteiger partial charge in [0.15, 0.2) is 0 Å². The zero-order valence-corrected chi connectivity index (χ0v) is 18.8. The molecule has 0 bridgehead atoms. The molecular weight excluding hydrogens is 324 g/mol. The van der Waals surface area contributed by atoms with Gasteiger partial charge in [0.2, 0.25) is 0 Å². The molecule has 0 radical (unpaired) electrons. The van der Waals surface area contributed by atoms with Crippen LogP contribution in [0.25, 0.3) is 0 Å². The molecule has 0 atom stereocenters. The van der Waals surface area contributed by atoms with E-state index in [2.05, 4.69) is 90.7 Å². The first-order valence-electron chi connectivity index (χ1n) is 9.58. The Bertz CT molecular complexity index is 656. The van der Waals surface area contributed by atoms with E-state index < -0.39 is 8.07 Å². The van der Waals surface area contributed by atoms with E-state index in [0.29, 0.717) is 16.6 Å². The van der Waals surface area contributed by atoms with Crippen molar-refractivity contribution in [2.75, 3.05) is 0 Å². The molecule has 0 aliphatic heterocycles. The molecule has 0 aromatic carbocycles. The minimum absolute atomic E-state index is 0.204. The van der Waals surface area contributed by atoms with Gasteiger partial charge in [0, 0.05) is 11.4 Å². The number of hydrogen-bond donors (Lipinski definition) is 0. The van der Waals surface area contributed by atoms with Gasteiger partial charge in [-0.15, -0.1) is 0 Å². The molecule has 0 spiro atoms. The second kappa shape index (κ2) is 7.10. The molecule has 140 valence electrons. The predicted octanol–water partition coefficient (Wildman–Crippen LogP) is 5.58. The molecule has 0 aliphatic carbocycles. The van der Waals surface area contributed by atoms with Crippen LogP contribution in [0.5, 0.6) is 0 Å². The lowest BCUT2D eigenvalue weighted by Gasteiger charge is -2.48. The Morgan fingerprint density at radius 3 is 1.20 bits per heavy atom. The Balaban J connectivity index is 2.86. The van der Waals surface area contributed by atoms with Gasteiger partial charge in [-0.05, 0) is 56.5 Å². The van der Waals surface area contributed by atoms with E-state index in [4.69, 9.17) is 10.2 Å². The quantitative estimate of drug-likeness (QED) is 0.631. The Kier molecular flexibility index (Phi) is 5.67. The largest absolute Gasteiger partial charge is 0.249 e. The highest BCUT2D eigenvalue weighted by molar-refractivity contribution is 6.84. The summed E-state index contributed by atoms with van der Waals surface area (Å²) < 4.78 is 4.56. The molecule has 2 aromatic heterocycles. The van der Waals surface area contributed by atoms with Crippen molar-refractivity contribution in [3.05, 3.63) is 34.9 Å². The van der Waals surface area contributed by atoms with Crippen molar-refractivity contribution in [2.45, 2.75) is 91.6 Å². The van der Waals surface area contributed by atoms with Gasteiger partial charge in [-0.3, -0.25) is 0 Å². The first kappa shape index (κ1) is 20.0. The average Bonchev–Trinajstić information content (AvgIpc) is 2.95. The van der Waals surface area contributed by atoms with Crippen LogP contribution in [0.2, 0.25) is 16.6 Å². The molecule has 2 heterocycles. The topological polar surface area (TPSA) is 35.6 Å². The highest BCUT2D eigenvalue weighted by atomic mass is 28.3. The molecule has 4 nitrogen and oxygen atoms in total. The minimum Gasteiger partial charge on any atom is -0.249 e. The molecule has 2 rings (SSSR count). The van der Waals surface area contributed by atoms with Gasteiger partial charge in [0.1, 0.15) is 13.9 Å². The molecule has 0 aliphatic rings. The molecule has 0 fully saturated rings. The minimum atomic E-state index is -1.87. The highest BCUT2D eigenvalue weighted by Crippen LogP contribution is 2.49. The maximum Gasteiger partial charge on any atom is 0.131 e. The fraction of sp³-hybridized carbons (Fsp3) is 0.700. The Morgan fingerprint density at radius 1 is 0.680 bits per heavy atom. The zero-order valence-electron chi connectivity index (χ0n) is 17.8. The van der Waals surface area contributed by atoms with Crippen LogP contribution in [-0.4, -0.2) is 27.6 Å². The van der Waals surface area contributed by atoms with Gasteiger partial charge < -0.3 is 0 Å². The summed E-state index contributed by atoms with van der Waals surface area (Å²) in [6.07, 6.45) is 0. The van der Waals surface area contributed by atoms with Crippen molar-refractivity contribution in [3.63, 3.8) is 0 Å². The molecular formula is C20H36N4Si. The summed E-state index contributed by atoms with van der Waals surface area (Å²) in [5.41, 5.74) is 6.52. The van der Waals surface area contributed by atoms with Crippen molar-refractivity contribution in [2.24, 2.45) is 0 Å². The fourth-order valence-electron chi connectivity index (χ4n) is 5.21. The summed E-state index contributed by atoms with van der Waals surface area (Å²) in [7, 11) is -1.87. The van der Waals surface area contributed by atoms with Crippen LogP contribution in [0.15, 0.2) is 12.1 Å². The van der Waals surface area contributed by atoms with E-state index in [1.807, 2.05) is 0 Å².